The number of anilines is 2. The molecule has 7 heteroatoms. The van der Waals surface area contributed by atoms with Crippen molar-refractivity contribution in [1.82, 2.24) is 4.90 Å². The Kier molecular flexibility index (Phi) is 7.42. The van der Waals surface area contributed by atoms with Crippen LogP contribution in [-0.2, 0) is 9.53 Å². The van der Waals surface area contributed by atoms with E-state index in [1.165, 1.54) is 25.1 Å². The van der Waals surface area contributed by atoms with Crippen LogP contribution in [0.5, 0.6) is 5.75 Å². The maximum Gasteiger partial charge on any atom is 0.303 e. The number of fused-ring (bicyclic) bond motifs is 3. The molecule has 3 unspecified atom stereocenters. The Morgan fingerprint density at radius 2 is 1.81 bits per heavy atom. The summed E-state index contributed by atoms with van der Waals surface area (Å²) in [5.41, 5.74) is 3.80. The van der Waals surface area contributed by atoms with Crippen molar-refractivity contribution in [2.75, 3.05) is 31.6 Å². The van der Waals surface area contributed by atoms with Gasteiger partial charge in [0.2, 0.25) is 0 Å². The Balaban J connectivity index is 1.29. The molecule has 3 aromatic rings. The first-order valence-electron chi connectivity index (χ1n) is 12.8. The molecule has 3 atom stereocenters. The Hall–Kier alpha value is -3.45. The SMILES string of the molecule is COc1ccccc1C(CCCN1CCC2C(C1)c1cc(F)ccc1N2c1ccc(F)cc1)OC(C)=O. The van der Waals surface area contributed by atoms with Gasteiger partial charge in [-0.1, -0.05) is 18.2 Å². The molecular weight excluding hydrogens is 474 g/mol. The van der Waals surface area contributed by atoms with Crippen LogP contribution in [0.1, 0.15) is 49.3 Å². The molecule has 0 aromatic heterocycles. The number of hydrogen-bond donors (Lipinski definition) is 0. The van der Waals surface area contributed by atoms with Gasteiger partial charge < -0.3 is 19.3 Å². The van der Waals surface area contributed by atoms with Crippen molar-refractivity contribution in [2.24, 2.45) is 0 Å². The zero-order valence-electron chi connectivity index (χ0n) is 21.2. The summed E-state index contributed by atoms with van der Waals surface area (Å²) < 4.78 is 39.0. The Morgan fingerprint density at radius 3 is 2.57 bits per heavy atom. The molecule has 1 fully saturated rings. The molecule has 2 aliphatic rings. The molecule has 194 valence electrons. The van der Waals surface area contributed by atoms with Gasteiger partial charge in [-0.3, -0.25) is 4.79 Å². The zero-order valence-corrected chi connectivity index (χ0v) is 21.2. The number of rotatable bonds is 8. The lowest BCUT2D eigenvalue weighted by Gasteiger charge is -2.39. The number of methoxy groups -OCH3 is 1. The summed E-state index contributed by atoms with van der Waals surface area (Å²) in [4.78, 5) is 16.5. The van der Waals surface area contributed by atoms with E-state index in [0.717, 1.165) is 55.0 Å². The first-order valence-corrected chi connectivity index (χ1v) is 12.8. The van der Waals surface area contributed by atoms with Gasteiger partial charge in [0.25, 0.3) is 0 Å². The largest absolute Gasteiger partial charge is 0.496 e. The molecule has 2 aliphatic heterocycles. The average molecular weight is 507 g/mol. The van der Waals surface area contributed by atoms with Crippen molar-refractivity contribution in [3.05, 3.63) is 89.5 Å². The van der Waals surface area contributed by atoms with E-state index in [0.29, 0.717) is 12.2 Å². The van der Waals surface area contributed by atoms with Crippen LogP contribution in [0.2, 0.25) is 0 Å². The summed E-state index contributed by atoms with van der Waals surface area (Å²) in [5, 5.41) is 0. The number of benzene rings is 3. The van der Waals surface area contributed by atoms with Crippen LogP contribution in [0.4, 0.5) is 20.2 Å². The van der Waals surface area contributed by atoms with Gasteiger partial charge in [-0.05, 0) is 79.9 Å². The number of halogens is 2. The van der Waals surface area contributed by atoms with E-state index >= 15 is 0 Å². The molecule has 0 bridgehead atoms. The Bertz CT molecular complexity index is 1250. The fourth-order valence-electron chi connectivity index (χ4n) is 5.89. The summed E-state index contributed by atoms with van der Waals surface area (Å²) in [6.07, 6.45) is 2.06. The lowest BCUT2D eigenvalue weighted by molar-refractivity contribution is -0.147. The molecule has 0 N–H and O–H groups in total. The zero-order chi connectivity index (χ0) is 25.9. The Morgan fingerprint density at radius 1 is 1.05 bits per heavy atom. The number of likely N-dealkylation sites (tertiary alicyclic amines) is 1. The van der Waals surface area contributed by atoms with Gasteiger partial charge in [0.05, 0.1) is 7.11 Å². The third-order valence-corrected chi connectivity index (χ3v) is 7.48. The molecule has 0 radical (unpaired) electrons. The number of ether oxygens (including phenoxy) is 2. The van der Waals surface area contributed by atoms with Crippen molar-refractivity contribution < 1.29 is 23.0 Å². The van der Waals surface area contributed by atoms with Crippen LogP contribution >= 0.6 is 0 Å². The molecule has 3 aromatic carbocycles. The third-order valence-electron chi connectivity index (χ3n) is 7.48. The van der Waals surface area contributed by atoms with Crippen molar-refractivity contribution in [3.8, 4) is 5.75 Å². The average Bonchev–Trinajstić information content (AvgIpc) is 3.21. The van der Waals surface area contributed by atoms with Gasteiger partial charge in [0.1, 0.15) is 23.5 Å². The molecule has 0 aliphatic carbocycles. The lowest BCUT2D eigenvalue weighted by atomic mass is 9.88. The monoisotopic (exact) mass is 506 g/mol. The number of para-hydroxylation sites is 1. The van der Waals surface area contributed by atoms with E-state index in [9.17, 15) is 13.6 Å². The van der Waals surface area contributed by atoms with E-state index in [1.807, 2.05) is 30.3 Å². The van der Waals surface area contributed by atoms with Gasteiger partial charge in [-0.15, -0.1) is 0 Å². The minimum Gasteiger partial charge on any atom is -0.496 e. The van der Waals surface area contributed by atoms with Crippen LogP contribution in [0.3, 0.4) is 0 Å². The van der Waals surface area contributed by atoms with E-state index in [2.05, 4.69) is 9.80 Å². The van der Waals surface area contributed by atoms with Gasteiger partial charge in [-0.25, -0.2) is 8.78 Å². The molecule has 0 amide bonds. The number of hydrogen-bond acceptors (Lipinski definition) is 5. The van der Waals surface area contributed by atoms with Gasteiger partial charge >= 0.3 is 5.97 Å². The molecule has 0 spiro atoms. The van der Waals surface area contributed by atoms with Crippen LogP contribution in [0.25, 0.3) is 0 Å². The van der Waals surface area contributed by atoms with E-state index in [1.54, 1.807) is 25.3 Å². The van der Waals surface area contributed by atoms with E-state index in [4.69, 9.17) is 9.47 Å². The summed E-state index contributed by atoms with van der Waals surface area (Å²) >= 11 is 0. The van der Waals surface area contributed by atoms with Crippen LogP contribution in [0, 0.1) is 11.6 Å². The number of carbonyl (C=O) groups excluding carboxylic acids is 1. The fourth-order valence-corrected chi connectivity index (χ4v) is 5.89. The molecule has 0 saturated carbocycles. The van der Waals surface area contributed by atoms with Gasteiger partial charge in [0, 0.05) is 48.9 Å². The second-order valence-electron chi connectivity index (χ2n) is 9.79. The maximum atomic E-state index is 14.3. The fraction of sp³-hybridized carbons (Fsp3) is 0.367. The highest BCUT2D eigenvalue weighted by Crippen LogP contribution is 2.48. The number of esters is 1. The van der Waals surface area contributed by atoms with Crippen LogP contribution < -0.4 is 9.64 Å². The summed E-state index contributed by atoms with van der Waals surface area (Å²) in [7, 11) is 1.62. The van der Waals surface area contributed by atoms with Gasteiger partial charge in [0.15, 0.2) is 0 Å². The minimum atomic E-state index is -0.374. The highest BCUT2D eigenvalue weighted by molar-refractivity contribution is 5.73. The Labute approximate surface area is 216 Å². The number of carbonyl (C=O) groups is 1. The molecule has 1 saturated heterocycles. The molecule has 5 rings (SSSR count). The lowest BCUT2D eigenvalue weighted by Crippen LogP contribution is -2.45. The normalized spacial score (nSPS) is 19.7. The summed E-state index contributed by atoms with van der Waals surface area (Å²) in [6, 6.07) is 19.4. The standard InChI is InChI=1S/C30H32F2N2O3/c1-20(35)37-30(24-6-3-4-7-29(24)36-2)8-5-16-33-17-15-28-26(19-33)25-18-22(32)11-14-27(25)34(28)23-12-9-21(31)10-13-23/h3-4,6-7,9-14,18,26,28,30H,5,8,15-17,19H2,1-2H3. The minimum absolute atomic E-state index is 0.156. The highest BCUT2D eigenvalue weighted by Gasteiger charge is 2.42. The number of nitrogens with zero attached hydrogens (tertiary/aromatic N) is 2. The third kappa shape index (κ3) is 5.32. The maximum absolute atomic E-state index is 14.3. The molecule has 5 nitrogen and oxygen atoms in total. The molecule has 2 heterocycles. The second kappa shape index (κ2) is 10.9. The van der Waals surface area contributed by atoms with Crippen molar-refractivity contribution in [1.29, 1.82) is 0 Å². The first-order chi connectivity index (χ1) is 17.9. The highest BCUT2D eigenvalue weighted by atomic mass is 19.1. The van der Waals surface area contributed by atoms with Crippen LogP contribution in [0.15, 0.2) is 66.7 Å². The van der Waals surface area contributed by atoms with Crippen molar-refractivity contribution >= 4 is 17.3 Å². The molecular formula is C30H32F2N2O3. The second-order valence-corrected chi connectivity index (χ2v) is 9.79. The molecule has 37 heavy (non-hydrogen) atoms. The van der Waals surface area contributed by atoms with Crippen LogP contribution in [-0.4, -0.2) is 43.7 Å². The van der Waals surface area contributed by atoms with Crippen molar-refractivity contribution in [2.45, 2.75) is 44.2 Å². The predicted octanol–water partition coefficient (Wildman–Crippen LogP) is 6.37. The number of piperidine rings is 1. The summed E-state index contributed by atoms with van der Waals surface area (Å²) in [5.74, 6) is 0.0376. The predicted molar refractivity (Wildman–Crippen MR) is 139 cm³/mol. The topological polar surface area (TPSA) is 42.0 Å². The van der Waals surface area contributed by atoms with E-state index in [-0.39, 0.29) is 35.7 Å². The van der Waals surface area contributed by atoms with Crippen molar-refractivity contribution in [3.63, 3.8) is 0 Å². The first kappa shape index (κ1) is 25.2. The summed E-state index contributed by atoms with van der Waals surface area (Å²) in [6.45, 7) is 3.99. The quantitative estimate of drug-likeness (QED) is 0.332. The van der Waals surface area contributed by atoms with E-state index < -0.39 is 0 Å². The smallest absolute Gasteiger partial charge is 0.303 e. The van der Waals surface area contributed by atoms with Gasteiger partial charge in [-0.2, -0.15) is 0 Å².